The van der Waals surface area contributed by atoms with Gasteiger partial charge in [0.1, 0.15) is 10.8 Å². The number of hydrogen-bond donors (Lipinski definition) is 0. The van der Waals surface area contributed by atoms with E-state index in [4.69, 9.17) is 4.74 Å². The molecule has 2 aromatic rings. The second-order valence-electron chi connectivity index (χ2n) is 4.28. The average molecular weight is 261 g/mol. The molecule has 1 heterocycles. The molecule has 0 atom stereocenters. The maximum atomic E-state index is 11.2. The molecule has 2 rings (SSSR count). The van der Waals surface area contributed by atoms with Crippen LogP contribution in [0.2, 0.25) is 0 Å². The lowest BCUT2D eigenvalue weighted by atomic mass is 10.2. The summed E-state index contributed by atoms with van der Waals surface area (Å²) in [5.74, 6) is 0.871. The van der Waals surface area contributed by atoms with Crippen LogP contribution < -0.4 is 4.74 Å². The van der Waals surface area contributed by atoms with Gasteiger partial charge in [0.2, 0.25) is 0 Å². The van der Waals surface area contributed by atoms with Crippen LogP contribution in [-0.4, -0.2) is 16.9 Å². The van der Waals surface area contributed by atoms with Crippen molar-refractivity contribution in [2.45, 2.75) is 26.9 Å². The van der Waals surface area contributed by atoms with Gasteiger partial charge in [-0.25, -0.2) is 4.98 Å². The van der Waals surface area contributed by atoms with Crippen molar-refractivity contribution in [3.8, 4) is 16.3 Å². The maximum Gasteiger partial charge on any atom is 0.171 e. The fourth-order valence-electron chi connectivity index (χ4n) is 1.54. The zero-order valence-electron chi connectivity index (χ0n) is 10.6. The van der Waals surface area contributed by atoms with E-state index in [2.05, 4.69) is 4.98 Å². The molecule has 0 spiro atoms. The summed E-state index contributed by atoms with van der Waals surface area (Å²) in [4.78, 5) is 16.2. The van der Waals surface area contributed by atoms with Crippen LogP contribution >= 0.6 is 11.3 Å². The molecule has 18 heavy (non-hydrogen) atoms. The summed E-state index contributed by atoms with van der Waals surface area (Å²) in [6, 6.07) is 7.77. The van der Waals surface area contributed by atoms with Crippen molar-refractivity contribution in [3.63, 3.8) is 0 Å². The Hall–Kier alpha value is -1.68. The molecule has 0 N–H and O–H groups in total. The van der Waals surface area contributed by atoms with Crippen molar-refractivity contribution < 1.29 is 9.53 Å². The molecule has 0 radical (unpaired) electrons. The highest BCUT2D eigenvalue weighted by atomic mass is 32.1. The van der Waals surface area contributed by atoms with Gasteiger partial charge >= 0.3 is 0 Å². The van der Waals surface area contributed by atoms with E-state index >= 15 is 0 Å². The number of aromatic nitrogens is 1. The van der Waals surface area contributed by atoms with Gasteiger partial charge in [0.05, 0.1) is 11.0 Å². The highest BCUT2D eigenvalue weighted by Crippen LogP contribution is 2.28. The topological polar surface area (TPSA) is 39.2 Å². The van der Waals surface area contributed by atoms with Crippen molar-refractivity contribution in [3.05, 3.63) is 35.3 Å². The minimum absolute atomic E-state index is 0.0494. The van der Waals surface area contributed by atoms with Gasteiger partial charge in [-0.15, -0.1) is 11.3 Å². The first-order valence-electron chi connectivity index (χ1n) is 5.80. The first-order valence-corrected chi connectivity index (χ1v) is 6.62. The SMILES string of the molecule is CC(=O)c1cnc(-c2cccc(OC(C)C)c2)s1. The average Bonchev–Trinajstić information content (AvgIpc) is 2.77. The van der Waals surface area contributed by atoms with E-state index < -0.39 is 0 Å². The van der Waals surface area contributed by atoms with Crippen LogP contribution in [0.3, 0.4) is 0 Å². The lowest BCUT2D eigenvalue weighted by molar-refractivity contribution is 0.102. The Morgan fingerprint density at radius 1 is 1.39 bits per heavy atom. The molecule has 0 amide bonds. The Morgan fingerprint density at radius 2 is 2.17 bits per heavy atom. The number of hydrogen-bond acceptors (Lipinski definition) is 4. The van der Waals surface area contributed by atoms with Crippen LogP contribution in [0, 0.1) is 0 Å². The van der Waals surface area contributed by atoms with Crippen LogP contribution in [0.1, 0.15) is 30.4 Å². The third-order valence-corrected chi connectivity index (χ3v) is 3.45. The zero-order chi connectivity index (χ0) is 13.1. The molecule has 0 bridgehead atoms. The largest absolute Gasteiger partial charge is 0.491 e. The molecule has 0 aliphatic rings. The number of ketones is 1. The van der Waals surface area contributed by atoms with Crippen molar-refractivity contribution in [2.75, 3.05) is 0 Å². The van der Waals surface area contributed by atoms with Gasteiger partial charge in [0, 0.05) is 18.7 Å². The third-order valence-electron chi connectivity index (χ3n) is 2.31. The summed E-state index contributed by atoms with van der Waals surface area (Å²) in [5.41, 5.74) is 0.977. The van der Waals surface area contributed by atoms with Crippen LogP contribution in [-0.2, 0) is 0 Å². The minimum atomic E-state index is 0.0494. The first-order chi connectivity index (χ1) is 8.56. The minimum Gasteiger partial charge on any atom is -0.491 e. The summed E-state index contributed by atoms with van der Waals surface area (Å²) in [5, 5.41) is 0.842. The molecule has 0 saturated carbocycles. The van der Waals surface area contributed by atoms with Crippen molar-refractivity contribution >= 4 is 17.1 Å². The van der Waals surface area contributed by atoms with Gasteiger partial charge in [-0.2, -0.15) is 0 Å². The molecule has 0 saturated heterocycles. The number of benzene rings is 1. The van der Waals surface area contributed by atoms with Crippen LogP contribution in [0.4, 0.5) is 0 Å². The molecule has 0 aliphatic heterocycles. The number of carbonyl (C=O) groups is 1. The normalized spacial score (nSPS) is 10.7. The van der Waals surface area contributed by atoms with Crippen LogP contribution in [0.5, 0.6) is 5.75 Å². The van der Waals surface area contributed by atoms with E-state index in [1.165, 1.54) is 11.3 Å². The van der Waals surface area contributed by atoms with Gasteiger partial charge in [0.15, 0.2) is 5.78 Å². The molecule has 1 aromatic heterocycles. The maximum absolute atomic E-state index is 11.2. The summed E-state index contributed by atoms with van der Waals surface area (Å²) < 4.78 is 5.64. The second-order valence-corrected chi connectivity index (χ2v) is 5.31. The highest BCUT2D eigenvalue weighted by Gasteiger charge is 2.08. The lowest BCUT2D eigenvalue weighted by Crippen LogP contribution is -2.05. The number of thiazole rings is 1. The predicted octanol–water partition coefficient (Wildman–Crippen LogP) is 3.80. The lowest BCUT2D eigenvalue weighted by Gasteiger charge is -2.09. The molecule has 0 fully saturated rings. The summed E-state index contributed by atoms with van der Waals surface area (Å²) in [6.07, 6.45) is 1.77. The van der Waals surface area contributed by atoms with Gasteiger partial charge < -0.3 is 4.74 Å². The molecule has 94 valence electrons. The standard InChI is InChI=1S/C14H15NO2S/c1-9(2)17-12-6-4-5-11(7-12)14-15-8-13(18-14)10(3)16/h4-9H,1-3H3. The van der Waals surface area contributed by atoms with Crippen molar-refractivity contribution in [2.24, 2.45) is 0 Å². The molecular weight excluding hydrogens is 246 g/mol. The third kappa shape index (κ3) is 2.96. The zero-order valence-corrected chi connectivity index (χ0v) is 11.5. The van der Waals surface area contributed by atoms with Gasteiger partial charge in [-0.3, -0.25) is 4.79 Å². The monoisotopic (exact) mass is 261 g/mol. The molecule has 0 aliphatic carbocycles. The number of nitrogens with zero attached hydrogens (tertiary/aromatic N) is 1. The van der Waals surface area contributed by atoms with Crippen molar-refractivity contribution in [1.82, 2.24) is 4.98 Å². The number of ether oxygens (including phenoxy) is 1. The Morgan fingerprint density at radius 3 is 2.78 bits per heavy atom. The molecule has 4 heteroatoms. The van der Waals surface area contributed by atoms with E-state index in [0.717, 1.165) is 16.3 Å². The van der Waals surface area contributed by atoms with E-state index in [0.29, 0.717) is 4.88 Å². The van der Waals surface area contributed by atoms with Crippen LogP contribution in [0.15, 0.2) is 30.5 Å². The van der Waals surface area contributed by atoms with Crippen LogP contribution in [0.25, 0.3) is 10.6 Å². The van der Waals surface area contributed by atoms with Crippen molar-refractivity contribution in [1.29, 1.82) is 0 Å². The number of carbonyl (C=O) groups excluding carboxylic acids is 1. The predicted molar refractivity (Wildman–Crippen MR) is 73.3 cm³/mol. The Kier molecular flexibility index (Phi) is 3.77. The Labute approximate surface area is 110 Å². The summed E-state index contributed by atoms with van der Waals surface area (Å²) >= 11 is 1.41. The van der Waals surface area contributed by atoms with Gasteiger partial charge in [-0.05, 0) is 26.0 Å². The summed E-state index contributed by atoms with van der Waals surface area (Å²) in [7, 11) is 0. The van der Waals surface area contributed by atoms with E-state index in [1.807, 2.05) is 38.1 Å². The quantitative estimate of drug-likeness (QED) is 0.786. The number of rotatable bonds is 4. The van der Waals surface area contributed by atoms with E-state index in [-0.39, 0.29) is 11.9 Å². The Balaban J connectivity index is 2.29. The second kappa shape index (κ2) is 5.31. The number of Topliss-reactive ketones (excluding diaryl/α,β-unsaturated/α-hetero) is 1. The molecule has 1 aromatic carbocycles. The van der Waals surface area contributed by atoms with E-state index in [1.54, 1.807) is 13.1 Å². The first kappa shape index (κ1) is 12.8. The highest BCUT2D eigenvalue weighted by molar-refractivity contribution is 7.16. The molecule has 3 nitrogen and oxygen atoms in total. The molecular formula is C14H15NO2S. The summed E-state index contributed by atoms with van der Waals surface area (Å²) in [6.45, 7) is 5.53. The van der Waals surface area contributed by atoms with Gasteiger partial charge in [-0.1, -0.05) is 12.1 Å². The fraction of sp³-hybridized carbons (Fsp3) is 0.286. The Bertz CT molecular complexity index is 560. The van der Waals surface area contributed by atoms with E-state index in [9.17, 15) is 4.79 Å². The fourth-order valence-corrected chi connectivity index (χ4v) is 2.35. The van der Waals surface area contributed by atoms with Gasteiger partial charge in [0.25, 0.3) is 0 Å². The molecule has 0 unspecified atom stereocenters. The smallest absolute Gasteiger partial charge is 0.171 e.